The Balaban J connectivity index is 1.90. The molecule has 0 saturated heterocycles. The van der Waals surface area contributed by atoms with E-state index in [-0.39, 0.29) is 17.7 Å². The Kier molecular flexibility index (Phi) is 2.71. The van der Waals surface area contributed by atoms with Crippen molar-refractivity contribution in [2.45, 2.75) is 12.8 Å². The molecule has 1 aliphatic rings. The molecule has 0 aromatic heterocycles. The van der Waals surface area contributed by atoms with Gasteiger partial charge in [0.2, 0.25) is 0 Å². The lowest BCUT2D eigenvalue weighted by Gasteiger charge is -2.06. The lowest BCUT2D eigenvalue weighted by Crippen LogP contribution is -2.10. The van der Waals surface area contributed by atoms with Crippen LogP contribution in [0.15, 0.2) is 36.4 Å². The third kappa shape index (κ3) is 2.42. The zero-order valence-electron chi connectivity index (χ0n) is 10.3. The number of nitrogens with one attached hydrogen (secondary N) is 1. The molecule has 3 rings (SSSR count). The molecular formula is C15H14N2O2. The number of nitrogens with two attached hydrogens (primary N) is 1. The minimum atomic E-state index is -0.139. The van der Waals surface area contributed by atoms with Crippen LogP contribution in [-0.4, -0.2) is 11.8 Å². The number of rotatable bonds is 3. The van der Waals surface area contributed by atoms with E-state index in [2.05, 4.69) is 0 Å². The van der Waals surface area contributed by atoms with Gasteiger partial charge in [-0.15, -0.1) is 0 Å². The minimum Gasteiger partial charge on any atom is -0.426 e. The highest BCUT2D eigenvalue weighted by atomic mass is 16.5. The molecule has 96 valence electrons. The van der Waals surface area contributed by atoms with E-state index in [0.29, 0.717) is 11.3 Å². The predicted octanol–water partition coefficient (Wildman–Crippen LogP) is 2.44. The van der Waals surface area contributed by atoms with Crippen molar-refractivity contribution in [3.63, 3.8) is 0 Å². The average Bonchev–Trinajstić information content (AvgIpc) is 3.22. The number of esters is 1. The number of nitrogen functional groups attached to an aromatic ring is 1. The number of ether oxygens (including phenoxy) is 1. The summed E-state index contributed by atoms with van der Waals surface area (Å²) >= 11 is 0. The molecule has 19 heavy (non-hydrogen) atoms. The maximum absolute atomic E-state index is 11.6. The van der Waals surface area contributed by atoms with Gasteiger partial charge in [0, 0.05) is 5.56 Å². The Morgan fingerprint density at radius 1 is 1.16 bits per heavy atom. The van der Waals surface area contributed by atoms with Gasteiger partial charge in [0.25, 0.3) is 0 Å². The van der Waals surface area contributed by atoms with Crippen molar-refractivity contribution >= 4 is 22.6 Å². The molecule has 0 spiro atoms. The molecule has 2 aromatic carbocycles. The van der Waals surface area contributed by atoms with Gasteiger partial charge in [-0.25, -0.2) is 0 Å². The molecule has 4 nitrogen and oxygen atoms in total. The van der Waals surface area contributed by atoms with E-state index in [0.717, 1.165) is 23.6 Å². The van der Waals surface area contributed by atoms with Gasteiger partial charge in [-0.05, 0) is 41.8 Å². The largest absolute Gasteiger partial charge is 0.426 e. The summed E-state index contributed by atoms with van der Waals surface area (Å²) in [6.07, 6.45) is 1.88. The van der Waals surface area contributed by atoms with Gasteiger partial charge in [0.1, 0.15) is 11.6 Å². The van der Waals surface area contributed by atoms with E-state index >= 15 is 0 Å². The maximum atomic E-state index is 11.6. The molecule has 0 amide bonds. The van der Waals surface area contributed by atoms with E-state index in [4.69, 9.17) is 15.9 Å². The second-order valence-corrected chi connectivity index (χ2v) is 4.83. The van der Waals surface area contributed by atoms with Crippen LogP contribution in [0.2, 0.25) is 0 Å². The highest BCUT2D eigenvalue weighted by molar-refractivity contribution is 5.99. The first-order valence-corrected chi connectivity index (χ1v) is 6.23. The summed E-state index contributed by atoms with van der Waals surface area (Å²) in [5, 5.41) is 9.34. The monoisotopic (exact) mass is 254 g/mol. The van der Waals surface area contributed by atoms with Gasteiger partial charge in [-0.1, -0.05) is 18.2 Å². The quantitative estimate of drug-likeness (QED) is 0.382. The molecule has 0 radical (unpaired) electrons. The van der Waals surface area contributed by atoms with Crippen LogP contribution in [0.5, 0.6) is 5.75 Å². The third-order valence-electron chi connectivity index (χ3n) is 3.25. The third-order valence-corrected chi connectivity index (χ3v) is 3.25. The van der Waals surface area contributed by atoms with Crippen molar-refractivity contribution in [2.75, 3.05) is 0 Å². The van der Waals surface area contributed by atoms with Gasteiger partial charge in [-0.2, -0.15) is 0 Å². The molecule has 0 aliphatic heterocycles. The molecule has 0 bridgehead atoms. The van der Waals surface area contributed by atoms with Crippen LogP contribution in [0.25, 0.3) is 10.8 Å². The number of hydrogen-bond acceptors (Lipinski definition) is 3. The fraction of sp³-hybridized carbons (Fsp3) is 0.200. The summed E-state index contributed by atoms with van der Waals surface area (Å²) in [4.78, 5) is 11.6. The summed E-state index contributed by atoms with van der Waals surface area (Å²) in [6.45, 7) is 0. The topological polar surface area (TPSA) is 76.2 Å². The lowest BCUT2D eigenvalue weighted by molar-refractivity contribution is -0.135. The van der Waals surface area contributed by atoms with Crippen molar-refractivity contribution in [3.8, 4) is 5.75 Å². The van der Waals surface area contributed by atoms with Gasteiger partial charge in [-0.3, -0.25) is 10.2 Å². The Morgan fingerprint density at radius 2 is 1.84 bits per heavy atom. The van der Waals surface area contributed by atoms with Gasteiger partial charge < -0.3 is 10.5 Å². The van der Waals surface area contributed by atoms with Crippen LogP contribution >= 0.6 is 0 Å². The molecule has 0 unspecified atom stereocenters. The average molecular weight is 254 g/mol. The molecule has 1 fully saturated rings. The Morgan fingerprint density at radius 3 is 2.53 bits per heavy atom. The molecule has 3 N–H and O–H groups in total. The summed E-state index contributed by atoms with van der Waals surface area (Å²) in [5.41, 5.74) is 6.14. The van der Waals surface area contributed by atoms with Crippen molar-refractivity contribution in [1.82, 2.24) is 0 Å². The molecule has 1 saturated carbocycles. The van der Waals surface area contributed by atoms with E-state index in [9.17, 15) is 4.79 Å². The number of carbonyl (C=O) groups is 1. The van der Waals surface area contributed by atoms with Crippen LogP contribution in [0, 0.1) is 11.3 Å². The zero-order valence-corrected chi connectivity index (χ0v) is 10.3. The van der Waals surface area contributed by atoms with Crippen molar-refractivity contribution in [2.24, 2.45) is 11.7 Å². The summed E-state index contributed by atoms with van der Waals surface area (Å²) < 4.78 is 5.32. The first kappa shape index (κ1) is 11.7. The lowest BCUT2D eigenvalue weighted by atomic mass is 10.1. The number of carbonyl (C=O) groups excluding carboxylic acids is 1. The van der Waals surface area contributed by atoms with Crippen LogP contribution in [0.1, 0.15) is 18.4 Å². The van der Waals surface area contributed by atoms with E-state index in [1.165, 1.54) is 0 Å². The van der Waals surface area contributed by atoms with Crippen molar-refractivity contribution < 1.29 is 9.53 Å². The Bertz CT molecular complexity index is 675. The smallest absolute Gasteiger partial charge is 0.314 e. The van der Waals surface area contributed by atoms with Crippen LogP contribution in [0.4, 0.5) is 0 Å². The Labute approximate surface area is 110 Å². The first-order chi connectivity index (χ1) is 9.13. The van der Waals surface area contributed by atoms with Crippen molar-refractivity contribution in [3.05, 3.63) is 42.0 Å². The first-order valence-electron chi connectivity index (χ1n) is 6.23. The zero-order chi connectivity index (χ0) is 13.4. The molecular weight excluding hydrogens is 240 g/mol. The number of benzene rings is 2. The van der Waals surface area contributed by atoms with Gasteiger partial charge >= 0.3 is 5.97 Å². The predicted molar refractivity (Wildman–Crippen MR) is 73.3 cm³/mol. The van der Waals surface area contributed by atoms with Crippen LogP contribution in [-0.2, 0) is 4.79 Å². The molecule has 1 aliphatic carbocycles. The SMILES string of the molecule is N=C(N)c1ccc2cc(OC(=O)C3CC3)ccc2c1. The Hall–Kier alpha value is -2.36. The van der Waals surface area contributed by atoms with Crippen LogP contribution < -0.4 is 10.5 Å². The van der Waals surface area contributed by atoms with E-state index < -0.39 is 0 Å². The summed E-state index contributed by atoms with van der Waals surface area (Å²) in [6, 6.07) is 11.0. The van der Waals surface area contributed by atoms with E-state index in [1.54, 1.807) is 12.1 Å². The van der Waals surface area contributed by atoms with E-state index in [1.807, 2.05) is 24.3 Å². The second-order valence-electron chi connectivity index (χ2n) is 4.83. The fourth-order valence-electron chi connectivity index (χ4n) is 1.97. The van der Waals surface area contributed by atoms with Gasteiger partial charge in [0.15, 0.2) is 0 Å². The minimum absolute atomic E-state index is 0.0473. The standard InChI is InChI=1S/C15H14N2O2/c16-14(17)12-4-3-11-8-13(6-5-10(11)7-12)19-15(18)9-1-2-9/h3-9H,1-2H2,(H3,16,17). The van der Waals surface area contributed by atoms with Gasteiger partial charge in [0.05, 0.1) is 5.92 Å². The number of hydrogen-bond donors (Lipinski definition) is 2. The summed E-state index contributed by atoms with van der Waals surface area (Å²) in [5.74, 6) is 0.571. The number of amidine groups is 1. The molecule has 0 heterocycles. The molecule has 4 heteroatoms. The van der Waals surface area contributed by atoms with Crippen molar-refractivity contribution in [1.29, 1.82) is 5.41 Å². The second kappa shape index (κ2) is 4.39. The highest BCUT2D eigenvalue weighted by Gasteiger charge is 2.31. The molecule has 0 atom stereocenters. The normalized spacial score (nSPS) is 14.3. The highest BCUT2D eigenvalue weighted by Crippen LogP contribution is 2.31. The summed E-state index contributed by atoms with van der Waals surface area (Å²) in [7, 11) is 0. The van der Waals surface area contributed by atoms with Crippen LogP contribution in [0.3, 0.4) is 0 Å². The number of fused-ring (bicyclic) bond motifs is 1. The molecule has 2 aromatic rings. The fourth-order valence-corrected chi connectivity index (χ4v) is 1.97. The maximum Gasteiger partial charge on any atom is 0.314 e.